The summed E-state index contributed by atoms with van der Waals surface area (Å²) in [5.41, 5.74) is 1.70. The summed E-state index contributed by atoms with van der Waals surface area (Å²) in [5.74, 6) is 2.13. The lowest BCUT2D eigenvalue weighted by Gasteiger charge is -2.32. The van der Waals surface area contributed by atoms with Crippen LogP contribution in [0.25, 0.3) is 10.9 Å². The summed E-state index contributed by atoms with van der Waals surface area (Å²) in [6.45, 7) is 6.06. The first-order valence-electron chi connectivity index (χ1n) is 10.9. The van der Waals surface area contributed by atoms with Gasteiger partial charge >= 0.3 is 0 Å². The van der Waals surface area contributed by atoms with Crippen molar-refractivity contribution >= 4 is 16.8 Å². The minimum Gasteiger partial charge on any atom is -0.379 e. The maximum absolute atomic E-state index is 13.5. The van der Waals surface area contributed by atoms with Gasteiger partial charge in [-0.25, -0.2) is 0 Å². The summed E-state index contributed by atoms with van der Waals surface area (Å²) in [6, 6.07) is 9.84. The molecular formula is C24H29N3O2. The molecule has 0 spiro atoms. The van der Waals surface area contributed by atoms with Crippen molar-refractivity contribution < 1.29 is 9.53 Å². The molecule has 3 atom stereocenters. The van der Waals surface area contributed by atoms with Gasteiger partial charge in [-0.2, -0.15) is 0 Å². The van der Waals surface area contributed by atoms with Crippen LogP contribution in [0.15, 0.2) is 48.7 Å². The number of morpholine rings is 1. The number of nitrogens with zero attached hydrogens (tertiary/aromatic N) is 3. The van der Waals surface area contributed by atoms with Crippen LogP contribution in [-0.2, 0) is 4.74 Å². The van der Waals surface area contributed by atoms with Gasteiger partial charge in [0.1, 0.15) is 0 Å². The van der Waals surface area contributed by atoms with E-state index in [1.165, 1.54) is 12.8 Å². The number of ether oxygens (including phenoxy) is 1. The molecule has 0 radical (unpaired) electrons. The van der Waals surface area contributed by atoms with E-state index >= 15 is 0 Å². The maximum Gasteiger partial charge on any atom is 0.253 e. The SMILES string of the molecule is O=C(c1ccc2ncccc2c1)N(CCN1CCOCC1)CC1CC2C=CC1C2. The number of carbonyl (C=O) groups excluding carboxylic acids is 1. The first kappa shape index (κ1) is 18.8. The highest BCUT2D eigenvalue weighted by molar-refractivity contribution is 5.98. The van der Waals surface area contributed by atoms with Crippen molar-refractivity contribution in [1.82, 2.24) is 14.8 Å². The molecular weight excluding hydrogens is 362 g/mol. The van der Waals surface area contributed by atoms with E-state index < -0.39 is 0 Å². The van der Waals surface area contributed by atoms with Crippen molar-refractivity contribution in [2.24, 2.45) is 17.8 Å². The van der Waals surface area contributed by atoms with Crippen molar-refractivity contribution in [2.75, 3.05) is 45.9 Å². The summed E-state index contributed by atoms with van der Waals surface area (Å²) in [6.07, 6.45) is 9.05. The first-order chi connectivity index (χ1) is 14.3. The molecule has 29 heavy (non-hydrogen) atoms. The van der Waals surface area contributed by atoms with E-state index in [0.29, 0.717) is 11.8 Å². The van der Waals surface area contributed by atoms with Crippen molar-refractivity contribution in [3.05, 3.63) is 54.2 Å². The molecule has 1 saturated carbocycles. The zero-order valence-electron chi connectivity index (χ0n) is 16.9. The highest BCUT2D eigenvalue weighted by atomic mass is 16.5. The highest BCUT2D eigenvalue weighted by Gasteiger charge is 2.37. The number of carbonyl (C=O) groups is 1. The molecule has 1 aromatic heterocycles. The van der Waals surface area contributed by atoms with Crippen LogP contribution in [0.1, 0.15) is 23.2 Å². The third kappa shape index (κ3) is 4.07. The molecule has 1 aromatic carbocycles. The van der Waals surface area contributed by atoms with E-state index in [2.05, 4.69) is 26.9 Å². The Balaban J connectivity index is 1.33. The number of hydrogen-bond donors (Lipinski definition) is 0. The maximum atomic E-state index is 13.5. The Morgan fingerprint density at radius 2 is 2.07 bits per heavy atom. The van der Waals surface area contributed by atoms with Gasteiger partial charge in [0.2, 0.25) is 0 Å². The van der Waals surface area contributed by atoms with Gasteiger partial charge in [-0.05, 0) is 54.9 Å². The zero-order chi connectivity index (χ0) is 19.6. The molecule has 1 aliphatic heterocycles. The van der Waals surface area contributed by atoms with E-state index in [9.17, 15) is 4.79 Å². The van der Waals surface area contributed by atoms with Crippen molar-refractivity contribution in [3.8, 4) is 0 Å². The number of fused-ring (bicyclic) bond motifs is 3. The van der Waals surface area contributed by atoms with Gasteiger partial charge in [-0.15, -0.1) is 0 Å². The van der Waals surface area contributed by atoms with Crippen molar-refractivity contribution in [1.29, 1.82) is 0 Å². The van der Waals surface area contributed by atoms with Crippen LogP contribution in [0.5, 0.6) is 0 Å². The van der Waals surface area contributed by atoms with Crippen LogP contribution in [0.3, 0.4) is 0 Å². The van der Waals surface area contributed by atoms with Gasteiger partial charge in [0.15, 0.2) is 0 Å². The molecule has 2 fully saturated rings. The summed E-state index contributed by atoms with van der Waals surface area (Å²) in [4.78, 5) is 22.4. The lowest BCUT2D eigenvalue weighted by molar-refractivity contribution is 0.0313. The van der Waals surface area contributed by atoms with Crippen LogP contribution in [0.4, 0.5) is 0 Å². The van der Waals surface area contributed by atoms with Gasteiger partial charge in [-0.3, -0.25) is 14.7 Å². The lowest BCUT2D eigenvalue weighted by atomic mass is 9.93. The van der Waals surface area contributed by atoms with Gasteiger partial charge < -0.3 is 9.64 Å². The molecule has 3 unspecified atom stereocenters. The topological polar surface area (TPSA) is 45.7 Å². The molecule has 5 rings (SSSR count). The van der Waals surface area contributed by atoms with E-state index in [1.807, 2.05) is 30.3 Å². The van der Waals surface area contributed by atoms with Gasteiger partial charge in [0.25, 0.3) is 5.91 Å². The van der Waals surface area contributed by atoms with Gasteiger partial charge in [0.05, 0.1) is 18.7 Å². The Bertz CT molecular complexity index is 906. The molecule has 2 aromatic rings. The Hall–Kier alpha value is -2.24. The quantitative estimate of drug-likeness (QED) is 0.710. The molecule has 5 nitrogen and oxygen atoms in total. The van der Waals surface area contributed by atoms with Crippen LogP contribution in [0.2, 0.25) is 0 Å². The number of allylic oxidation sites excluding steroid dienone is 2. The standard InChI is InChI=1S/C24H29N3O2/c28-24(21-5-6-23-20(16-21)2-1-7-25-23)27(9-8-26-10-12-29-13-11-26)17-22-15-18-3-4-19(22)14-18/h1-7,16,18-19,22H,8-15,17H2. The van der Waals surface area contributed by atoms with E-state index in [0.717, 1.165) is 68.3 Å². The predicted octanol–water partition coefficient (Wildman–Crippen LogP) is 3.22. The average molecular weight is 392 g/mol. The third-order valence-corrected chi connectivity index (χ3v) is 6.80. The lowest BCUT2D eigenvalue weighted by Crippen LogP contribution is -2.44. The van der Waals surface area contributed by atoms with E-state index in [-0.39, 0.29) is 5.91 Å². The fourth-order valence-corrected chi connectivity index (χ4v) is 5.14. The molecule has 1 saturated heterocycles. The average Bonchev–Trinajstić information content (AvgIpc) is 3.40. The number of rotatable bonds is 6. The Morgan fingerprint density at radius 3 is 2.86 bits per heavy atom. The summed E-state index contributed by atoms with van der Waals surface area (Å²) < 4.78 is 5.47. The van der Waals surface area contributed by atoms with Crippen LogP contribution < -0.4 is 0 Å². The number of hydrogen-bond acceptors (Lipinski definition) is 4. The molecule has 152 valence electrons. The van der Waals surface area contributed by atoms with Crippen LogP contribution in [0, 0.1) is 17.8 Å². The van der Waals surface area contributed by atoms with Crippen molar-refractivity contribution in [3.63, 3.8) is 0 Å². The van der Waals surface area contributed by atoms with Gasteiger partial charge in [-0.1, -0.05) is 18.2 Å². The molecule has 2 bridgehead atoms. The van der Waals surface area contributed by atoms with Gasteiger partial charge in [0, 0.05) is 49.9 Å². The Kier molecular flexibility index (Phi) is 5.34. The number of pyridine rings is 1. The first-order valence-corrected chi connectivity index (χ1v) is 10.9. The molecule has 1 amide bonds. The molecule has 2 heterocycles. The number of aromatic nitrogens is 1. The second kappa shape index (κ2) is 8.25. The Labute approximate surface area is 172 Å². The molecule has 0 N–H and O–H groups in total. The number of amides is 1. The highest BCUT2D eigenvalue weighted by Crippen LogP contribution is 2.43. The zero-order valence-corrected chi connectivity index (χ0v) is 16.9. The minimum atomic E-state index is 0.149. The summed E-state index contributed by atoms with van der Waals surface area (Å²) in [5, 5.41) is 1.02. The smallest absolute Gasteiger partial charge is 0.253 e. The summed E-state index contributed by atoms with van der Waals surface area (Å²) in [7, 11) is 0. The third-order valence-electron chi connectivity index (χ3n) is 6.80. The largest absolute Gasteiger partial charge is 0.379 e. The normalized spacial score (nSPS) is 26.3. The second-order valence-electron chi connectivity index (χ2n) is 8.66. The van der Waals surface area contributed by atoms with Crippen LogP contribution in [-0.4, -0.2) is 66.6 Å². The fourth-order valence-electron chi connectivity index (χ4n) is 5.14. The Morgan fingerprint density at radius 1 is 1.17 bits per heavy atom. The summed E-state index contributed by atoms with van der Waals surface area (Å²) >= 11 is 0. The van der Waals surface area contributed by atoms with E-state index in [4.69, 9.17) is 4.74 Å². The van der Waals surface area contributed by atoms with Crippen LogP contribution >= 0.6 is 0 Å². The monoisotopic (exact) mass is 391 g/mol. The number of benzene rings is 1. The van der Waals surface area contributed by atoms with E-state index in [1.54, 1.807) is 6.20 Å². The predicted molar refractivity (Wildman–Crippen MR) is 114 cm³/mol. The van der Waals surface area contributed by atoms with Crippen molar-refractivity contribution in [2.45, 2.75) is 12.8 Å². The fraction of sp³-hybridized carbons (Fsp3) is 0.500. The second-order valence-corrected chi connectivity index (χ2v) is 8.66. The molecule has 3 aliphatic rings. The molecule has 2 aliphatic carbocycles. The minimum absolute atomic E-state index is 0.149. The molecule has 5 heteroatoms.